The molecule has 1 aromatic carbocycles. The van der Waals surface area contributed by atoms with Crippen molar-refractivity contribution in [1.82, 2.24) is 35.0 Å². The van der Waals surface area contributed by atoms with E-state index in [9.17, 15) is 24.4 Å². The molecule has 0 radical (unpaired) electrons. The molecule has 0 spiro atoms. The van der Waals surface area contributed by atoms with Crippen molar-refractivity contribution in [2.45, 2.75) is 70.7 Å². The highest BCUT2D eigenvalue weighted by atomic mass is 19.1. The van der Waals surface area contributed by atoms with Crippen molar-refractivity contribution in [2.75, 3.05) is 18.4 Å². The summed E-state index contributed by atoms with van der Waals surface area (Å²) >= 11 is 0. The minimum absolute atomic E-state index is 0.0127. The Morgan fingerprint density at radius 2 is 1.90 bits per heavy atom. The smallest absolute Gasteiger partial charge is 0.258 e. The standard InChI is InChI=1S/C36H36FN9O4/c1-20(2)41-28-14-30(45-10-5-23-12-22(15-38)16-40-33(23)45)39-17-26(28)34(48)42-25-6-8-44(9-7-25)18-21-11-24-19-46(36(50)32(24)27(37)13-21)29-3-4-31(47)43-35(29)49/h5,10-14,16-17,20,25,29H,3-4,6-9,18-19H2,1-2H3,(H,39,41)(H,42,48)(H,43,47,49). The average Bonchev–Trinajstić information content (AvgIpc) is 3.65. The molecule has 3 N–H and O–H groups in total. The molecule has 4 amide bonds. The molecule has 4 aromatic rings. The number of piperidine rings is 2. The number of nitrogens with zero attached hydrogens (tertiary/aromatic N) is 6. The third-order valence-corrected chi connectivity index (χ3v) is 9.44. The fourth-order valence-corrected chi connectivity index (χ4v) is 7.03. The minimum Gasteiger partial charge on any atom is -0.382 e. The Balaban J connectivity index is 0.985. The van der Waals surface area contributed by atoms with Crippen LogP contribution in [0.1, 0.15) is 76.9 Å². The van der Waals surface area contributed by atoms with Crippen LogP contribution in [0.15, 0.2) is 48.9 Å². The predicted octanol–water partition coefficient (Wildman–Crippen LogP) is 3.41. The van der Waals surface area contributed by atoms with Gasteiger partial charge in [0.1, 0.15) is 29.4 Å². The lowest BCUT2D eigenvalue weighted by molar-refractivity contribution is -0.136. The molecule has 6 heterocycles. The van der Waals surface area contributed by atoms with E-state index in [0.29, 0.717) is 66.3 Å². The van der Waals surface area contributed by atoms with Crippen molar-refractivity contribution in [1.29, 1.82) is 5.26 Å². The van der Waals surface area contributed by atoms with Gasteiger partial charge in [0.05, 0.1) is 22.4 Å². The molecular formula is C36H36FN9O4. The highest BCUT2D eigenvalue weighted by molar-refractivity contribution is 6.05. The summed E-state index contributed by atoms with van der Waals surface area (Å²) in [7, 11) is 0. The Hall–Kier alpha value is -5.68. The SMILES string of the molecule is CC(C)Nc1cc(-n2ccc3cc(C#N)cnc32)ncc1C(=O)NC1CCN(Cc2cc(F)c3c(c2)CN(C2CCC(=O)NC2=O)C3=O)CC1. The van der Waals surface area contributed by atoms with Gasteiger partial charge in [-0.15, -0.1) is 0 Å². The normalized spacial score (nSPS) is 18.3. The molecule has 3 aliphatic rings. The second-order valence-corrected chi connectivity index (χ2v) is 13.4. The second-order valence-electron chi connectivity index (χ2n) is 13.4. The summed E-state index contributed by atoms with van der Waals surface area (Å²) in [5.74, 6) is -1.69. The first kappa shape index (κ1) is 32.8. The van der Waals surface area contributed by atoms with Gasteiger partial charge in [0.2, 0.25) is 11.8 Å². The van der Waals surface area contributed by atoms with E-state index in [1.807, 2.05) is 42.8 Å². The number of carbonyl (C=O) groups excluding carboxylic acids is 4. The predicted molar refractivity (Wildman–Crippen MR) is 181 cm³/mol. The van der Waals surface area contributed by atoms with Crippen molar-refractivity contribution in [2.24, 2.45) is 0 Å². The van der Waals surface area contributed by atoms with E-state index in [0.717, 1.165) is 10.9 Å². The number of anilines is 1. The summed E-state index contributed by atoms with van der Waals surface area (Å²) in [5, 5.41) is 18.8. The Kier molecular flexibility index (Phi) is 8.75. The van der Waals surface area contributed by atoms with Crippen LogP contribution in [0.2, 0.25) is 0 Å². The van der Waals surface area contributed by atoms with Crippen LogP contribution in [-0.4, -0.2) is 79.2 Å². The van der Waals surface area contributed by atoms with Crippen LogP contribution >= 0.6 is 0 Å². The number of rotatable bonds is 8. The Morgan fingerprint density at radius 1 is 1.10 bits per heavy atom. The maximum atomic E-state index is 15.2. The number of nitrogens with one attached hydrogen (secondary N) is 3. The number of carbonyl (C=O) groups is 4. The molecule has 50 heavy (non-hydrogen) atoms. The van der Waals surface area contributed by atoms with E-state index in [-0.39, 0.29) is 48.8 Å². The Bertz CT molecular complexity index is 2080. The van der Waals surface area contributed by atoms with Gasteiger partial charge in [-0.25, -0.2) is 14.4 Å². The maximum Gasteiger partial charge on any atom is 0.258 e. The maximum absolute atomic E-state index is 15.2. The molecular weight excluding hydrogens is 641 g/mol. The molecule has 0 aliphatic carbocycles. The third-order valence-electron chi connectivity index (χ3n) is 9.44. The highest BCUT2D eigenvalue weighted by Gasteiger charge is 2.40. The van der Waals surface area contributed by atoms with Gasteiger partial charge in [0, 0.05) is 74.7 Å². The van der Waals surface area contributed by atoms with E-state index in [1.54, 1.807) is 12.3 Å². The van der Waals surface area contributed by atoms with Crippen molar-refractivity contribution >= 4 is 40.3 Å². The van der Waals surface area contributed by atoms with Crippen LogP contribution in [0.3, 0.4) is 0 Å². The molecule has 14 heteroatoms. The molecule has 13 nitrogen and oxygen atoms in total. The van der Waals surface area contributed by atoms with E-state index < -0.39 is 23.7 Å². The number of hydrogen-bond acceptors (Lipinski definition) is 9. The molecule has 256 valence electrons. The number of hydrogen-bond donors (Lipinski definition) is 3. The summed E-state index contributed by atoms with van der Waals surface area (Å²) in [5.41, 5.74) is 3.45. The lowest BCUT2D eigenvalue weighted by Crippen LogP contribution is -2.52. The largest absolute Gasteiger partial charge is 0.382 e. The number of fused-ring (bicyclic) bond motifs is 2. The number of benzene rings is 1. The number of imide groups is 1. The van der Waals surface area contributed by atoms with Gasteiger partial charge < -0.3 is 15.5 Å². The zero-order valence-corrected chi connectivity index (χ0v) is 27.7. The van der Waals surface area contributed by atoms with E-state index in [2.05, 4.69) is 36.9 Å². The average molecular weight is 678 g/mol. The van der Waals surface area contributed by atoms with Crippen LogP contribution < -0.4 is 16.0 Å². The molecule has 0 bridgehead atoms. The van der Waals surface area contributed by atoms with E-state index in [1.165, 1.54) is 17.2 Å². The lowest BCUT2D eigenvalue weighted by atomic mass is 10.0. The first-order valence-electron chi connectivity index (χ1n) is 16.7. The minimum atomic E-state index is -0.799. The van der Waals surface area contributed by atoms with Crippen molar-refractivity contribution in [3.05, 3.63) is 82.6 Å². The number of amides is 4. The Labute approximate surface area is 287 Å². The van der Waals surface area contributed by atoms with Crippen LogP contribution in [-0.2, 0) is 22.7 Å². The molecule has 2 fully saturated rings. The van der Waals surface area contributed by atoms with Gasteiger partial charge in [-0.3, -0.25) is 34.0 Å². The number of likely N-dealkylation sites (tertiary alicyclic amines) is 1. The number of aromatic nitrogens is 3. The summed E-state index contributed by atoms with van der Waals surface area (Å²) in [6.07, 6.45) is 6.67. The van der Waals surface area contributed by atoms with Gasteiger partial charge in [0.15, 0.2) is 0 Å². The van der Waals surface area contributed by atoms with Gasteiger partial charge in [-0.05, 0) is 62.4 Å². The molecule has 7 rings (SSSR count). The van der Waals surface area contributed by atoms with Gasteiger partial charge in [-0.1, -0.05) is 6.07 Å². The first-order valence-corrected chi connectivity index (χ1v) is 16.7. The van der Waals surface area contributed by atoms with Crippen molar-refractivity contribution < 1.29 is 23.6 Å². The highest BCUT2D eigenvalue weighted by Crippen LogP contribution is 2.31. The fraction of sp³-hybridized carbons (Fsp3) is 0.361. The first-order chi connectivity index (χ1) is 24.1. The second kappa shape index (κ2) is 13.3. The molecule has 1 atom stereocenters. The molecule has 1 unspecified atom stereocenters. The lowest BCUT2D eigenvalue weighted by Gasteiger charge is -2.32. The monoisotopic (exact) mass is 677 g/mol. The number of nitriles is 1. The van der Waals surface area contributed by atoms with Crippen LogP contribution in [0.4, 0.5) is 10.1 Å². The van der Waals surface area contributed by atoms with E-state index >= 15 is 4.39 Å². The molecule has 3 aliphatic heterocycles. The Morgan fingerprint density at radius 3 is 2.64 bits per heavy atom. The van der Waals surface area contributed by atoms with Gasteiger partial charge in [0.25, 0.3) is 11.8 Å². The number of halogens is 1. The zero-order chi connectivity index (χ0) is 35.1. The topological polar surface area (TPSA) is 165 Å². The van der Waals surface area contributed by atoms with Gasteiger partial charge >= 0.3 is 0 Å². The molecule has 0 saturated carbocycles. The summed E-state index contributed by atoms with van der Waals surface area (Å²) in [4.78, 5) is 63.1. The molecule has 2 saturated heterocycles. The fourth-order valence-electron chi connectivity index (χ4n) is 7.03. The quantitative estimate of drug-likeness (QED) is 0.237. The number of pyridine rings is 2. The van der Waals surface area contributed by atoms with Crippen molar-refractivity contribution in [3.63, 3.8) is 0 Å². The van der Waals surface area contributed by atoms with Crippen LogP contribution in [0.25, 0.3) is 16.9 Å². The van der Waals surface area contributed by atoms with Crippen molar-refractivity contribution in [3.8, 4) is 11.9 Å². The zero-order valence-electron chi connectivity index (χ0n) is 27.7. The summed E-state index contributed by atoms with van der Waals surface area (Å²) in [6, 6.07) is 9.97. The summed E-state index contributed by atoms with van der Waals surface area (Å²) < 4.78 is 17.1. The van der Waals surface area contributed by atoms with Crippen LogP contribution in [0.5, 0.6) is 0 Å². The summed E-state index contributed by atoms with van der Waals surface area (Å²) in [6.45, 7) is 5.94. The van der Waals surface area contributed by atoms with E-state index in [4.69, 9.17) is 0 Å². The third kappa shape index (κ3) is 6.39. The molecule has 3 aromatic heterocycles. The van der Waals surface area contributed by atoms with Crippen LogP contribution in [0, 0.1) is 17.1 Å². The van der Waals surface area contributed by atoms with Gasteiger partial charge in [-0.2, -0.15) is 5.26 Å².